The molecule has 3 fully saturated rings. The third-order valence-electron chi connectivity index (χ3n) is 7.56. The molecular weight excluding hydrogens is 454 g/mol. The lowest BCUT2D eigenvalue weighted by Gasteiger charge is -2.37. The molecule has 2 aromatic rings. The number of piperidine rings is 2. The summed E-state index contributed by atoms with van der Waals surface area (Å²) in [6.07, 6.45) is 2.66. The molecule has 0 spiro atoms. The van der Waals surface area contributed by atoms with Crippen LogP contribution < -0.4 is 37.6 Å². The first kappa shape index (κ1) is 25.1. The Morgan fingerprint density at radius 1 is 0.778 bits per heavy atom. The summed E-state index contributed by atoms with van der Waals surface area (Å²) in [7, 11) is 2.08. The van der Waals surface area contributed by atoms with Crippen molar-refractivity contribution in [2.24, 2.45) is 22.9 Å². The smallest absolute Gasteiger partial charge is 0.232 e. The number of likely N-dealkylation sites (tertiary alicyclic amines) is 1. The van der Waals surface area contributed by atoms with Gasteiger partial charge in [0.2, 0.25) is 17.8 Å². The molecule has 5 rings (SSSR count). The van der Waals surface area contributed by atoms with Crippen LogP contribution in [0.25, 0.3) is 0 Å². The number of hydrogen-bond acceptors (Lipinski definition) is 11. The van der Waals surface area contributed by atoms with Crippen LogP contribution in [-0.2, 0) is 6.54 Å². The number of hydrogen-bond donors (Lipinski definition) is 4. The molecule has 11 nitrogen and oxygen atoms in total. The van der Waals surface area contributed by atoms with Gasteiger partial charge in [0, 0.05) is 83.1 Å². The highest BCUT2D eigenvalue weighted by molar-refractivity contribution is 5.48. The minimum Gasteiger partial charge on any atom is -0.339 e. The number of nitrogens with two attached hydrogens (primary N) is 4. The van der Waals surface area contributed by atoms with Crippen molar-refractivity contribution in [3.8, 4) is 0 Å². The molecule has 3 aliphatic rings. The van der Waals surface area contributed by atoms with Gasteiger partial charge in [-0.2, -0.15) is 15.0 Å². The first-order chi connectivity index (χ1) is 17.3. The fraction of sp³-hybridized carbons (Fsp3) is 0.640. The SMILES string of the molecule is CN(c1nc(N2C[C@H](N)C[C@H](N)C2)nc(N2C[C@H](N)C[C@H](N)C2)n1)C1CCN(Cc2ccccc2)C1. The molecule has 0 amide bonds. The maximum Gasteiger partial charge on any atom is 0.232 e. The Bertz CT molecular complexity index is 941. The quantitative estimate of drug-likeness (QED) is 0.402. The largest absolute Gasteiger partial charge is 0.339 e. The molecule has 1 aromatic heterocycles. The zero-order valence-electron chi connectivity index (χ0n) is 21.3. The Morgan fingerprint density at radius 3 is 1.83 bits per heavy atom. The standard InChI is InChI=1S/C25H41N11/c1-33(22-7-8-34(16-22)11-17-5-3-2-4-6-17)23-30-24(35-12-18(26)9-19(27)13-35)32-25(31-23)36-14-20(28)10-21(29)15-36/h2-6,18-22H,7-16,26-29H2,1H3/t18-,19+,20-,21+,22?. The van der Waals surface area contributed by atoms with E-state index in [1.165, 1.54) is 5.56 Å². The first-order valence-corrected chi connectivity index (χ1v) is 13.1. The maximum absolute atomic E-state index is 6.29. The zero-order chi connectivity index (χ0) is 25.2. The number of rotatable bonds is 6. The van der Waals surface area contributed by atoms with E-state index in [4.69, 9.17) is 37.9 Å². The highest BCUT2D eigenvalue weighted by atomic mass is 15.4. The lowest BCUT2D eigenvalue weighted by atomic mass is 10.0. The number of anilines is 3. The normalized spacial score (nSPS) is 29.5. The highest BCUT2D eigenvalue weighted by Crippen LogP contribution is 2.26. The van der Waals surface area contributed by atoms with Crippen LogP contribution in [0.1, 0.15) is 24.8 Å². The van der Waals surface area contributed by atoms with Crippen LogP contribution in [0, 0.1) is 0 Å². The second kappa shape index (κ2) is 10.8. The van der Waals surface area contributed by atoms with Crippen molar-refractivity contribution in [2.75, 3.05) is 61.0 Å². The van der Waals surface area contributed by atoms with Gasteiger partial charge in [-0.3, -0.25) is 4.90 Å². The zero-order valence-corrected chi connectivity index (χ0v) is 21.3. The van der Waals surface area contributed by atoms with Gasteiger partial charge in [-0.15, -0.1) is 0 Å². The number of nitrogens with zero attached hydrogens (tertiary/aromatic N) is 7. The molecule has 8 N–H and O–H groups in total. The Labute approximate surface area is 213 Å². The summed E-state index contributed by atoms with van der Waals surface area (Å²) in [6.45, 7) is 5.65. The van der Waals surface area contributed by atoms with Crippen LogP contribution in [0.4, 0.5) is 17.8 Å². The molecule has 0 saturated carbocycles. The van der Waals surface area contributed by atoms with Crippen LogP contribution in [0.15, 0.2) is 30.3 Å². The lowest BCUT2D eigenvalue weighted by molar-refractivity contribution is 0.325. The van der Waals surface area contributed by atoms with Crippen molar-refractivity contribution < 1.29 is 0 Å². The number of aromatic nitrogens is 3. The van der Waals surface area contributed by atoms with E-state index >= 15 is 0 Å². The van der Waals surface area contributed by atoms with E-state index in [0.29, 0.717) is 50.1 Å². The van der Waals surface area contributed by atoms with Gasteiger partial charge in [0.15, 0.2) is 0 Å². The molecule has 4 heterocycles. The van der Waals surface area contributed by atoms with E-state index in [-0.39, 0.29) is 24.2 Å². The molecule has 0 bridgehead atoms. The third kappa shape index (κ3) is 5.87. The van der Waals surface area contributed by atoms with E-state index < -0.39 is 0 Å². The summed E-state index contributed by atoms with van der Waals surface area (Å²) >= 11 is 0. The van der Waals surface area contributed by atoms with Crippen molar-refractivity contribution >= 4 is 17.8 Å². The van der Waals surface area contributed by atoms with Gasteiger partial charge in [0.1, 0.15) is 0 Å². The van der Waals surface area contributed by atoms with Crippen molar-refractivity contribution in [3.63, 3.8) is 0 Å². The molecule has 196 valence electrons. The van der Waals surface area contributed by atoms with Crippen LogP contribution in [0.5, 0.6) is 0 Å². The average Bonchev–Trinajstić information content (AvgIpc) is 3.31. The summed E-state index contributed by atoms with van der Waals surface area (Å²) in [6, 6.07) is 10.9. The van der Waals surface area contributed by atoms with Gasteiger partial charge >= 0.3 is 0 Å². The minimum absolute atomic E-state index is 0.00615. The Balaban J connectivity index is 1.38. The van der Waals surface area contributed by atoms with Gasteiger partial charge in [-0.05, 0) is 24.8 Å². The molecule has 1 unspecified atom stereocenters. The maximum atomic E-state index is 6.29. The molecule has 0 aliphatic carbocycles. The van der Waals surface area contributed by atoms with Crippen LogP contribution in [0.2, 0.25) is 0 Å². The summed E-state index contributed by atoms with van der Waals surface area (Å²) in [4.78, 5) is 23.6. The third-order valence-corrected chi connectivity index (χ3v) is 7.56. The van der Waals surface area contributed by atoms with E-state index in [0.717, 1.165) is 38.9 Å². The molecule has 11 heteroatoms. The fourth-order valence-corrected chi connectivity index (χ4v) is 5.74. The molecule has 5 atom stereocenters. The molecule has 36 heavy (non-hydrogen) atoms. The average molecular weight is 496 g/mol. The van der Waals surface area contributed by atoms with Crippen molar-refractivity contribution in [3.05, 3.63) is 35.9 Å². The summed E-state index contributed by atoms with van der Waals surface area (Å²) in [5.41, 5.74) is 26.5. The van der Waals surface area contributed by atoms with Gasteiger partial charge in [0.05, 0.1) is 0 Å². The van der Waals surface area contributed by atoms with Crippen LogP contribution in [-0.4, -0.2) is 96.4 Å². The summed E-state index contributed by atoms with van der Waals surface area (Å²) < 4.78 is 0. The Kier molecular flexibility index (Phi) is 7.54. The molecule has 0 radical (unpaired) electrons. The Morgan fingerprint density at radius 2 is 1.31 bits per heavy atom. The van der Waals surface area contributed by atoms with E-state index in [1.807, 2.05) is 0 Å². The number of likely N-dealkylation sites (N-methyl/N-ethyl adjacent to an activating group) is 1. The predicted molar refractivity (Wildman–Crippen MR) is 144 cm³/mol. The van der Waals surface area contributed by atoms with E-state index in [2.05, 4.69) is 57.0 Å². The minimum atomic E-state index is -0.00615. The highest BCUT2D eigenvalue weighted by Gasteiger charge is 2.32. The number of benzene rings is 1. The van der Waals surface area contributed by atoms with E-state index in [9.17, 15) is 0 Å². The van der Waals surface area contributed by atoms with E-state index in [1.54, 1.807) is 0 Å². The van der Waals surface area contributed by atoms with Gasteiger partial charge in [-0.1, -0.05) is 30.3 Å². The van der Waals surface area contributed by atoms with Crippen LogP contribution in [0.3, 0.4) is 0 Å². The van der Waals surface area contributed by atoms with Gasteiger partial charge in [0.25, 0.3) is 0 Å². The van der Waals surface area contributed by atoms with Gasteiger partial charge in [-0.25, -0.2) is 0 Å². The molecule has 1 aromatic carbocycles. The Hall–Kier alpha value is -2.57. The second-order valence-electron chi connectivity index (χ2n) is 10.8. The summed E-state index contributed by atoms with van der Waals surface area (Å²) in [5.74, 6) is 1.92. The topological polar surface area (TPSA) is 156 Å². The predicted octanol–water partition coefficient (Wildman–Crippen LogP) is -0.688. The second-order valence-corrected chi connectivity index (χ2v) is 10.8. The van der Waals surface area contributed by atoms with Gasteiger partial charge < -0.3 is 37.6 Å². The fourth-order valence-electron chi connectivity index (χ4n) is 5.74. The first-order valence-electron chi connectivity index (χ1n) is 13.1. The molecular formula is C25H41N11. The molecule has 3 aliphatic heterocycles. The van der Waals surface area contributed by atoms with Crippen molar-refractivity contribution in [2.45, 2.75) is 56.0 Å². The lowest BCUT2D eigenvalue weighted by Crippen LogP contribution is -2.54. The van der Waals surface area contributed by atoms with Crippen LogP contribution >= 0.6 is 0 Å². The summed E-state index contributed by atoms with van der Waals surface area (Å²) in [5, 5.41) is 0. The van der Waals surface area contributed by atoms with Crippen molar-refractivity contribution in [1.29, 1.82) is 0 Å². The van der Waals surface area contributed by atoms with Crippen molar-refractivity contribution in [1.82, 2.24) is 19.9 Å². The molecule has 3 saturated heterocycles. The monoisotopic (exact) mass is 495 g/mol.